The Bertz CT molecular complexity index is 554. The Kier molecular flexibility index (Phi) is 3.33. The van der Waals surface area contributed by atoms with Crippen LogP contribution in [0.1, 0.15) is 11.8 Å². The lowest BCUT2D eigenvalue weighted by Gasteiger charge is -2.15. The molecule has 1 aliphatic rings. The van der Waals surface area contributed by atoms with Gasteiger partial charge in [-0.15, -0.1) is 0 Å². The van der Waals surface area contributed by atoms with Crippen molar-refractivity contribution in [1.82, 2.24) is 9.55 Å². The number of halogens is 1. The molecule has 0 radical (unpaired) electrons. The molecule has 7 nitrogen and oxygen atoms in total. The number of nitrogens with zero attached hydrogens (tertiary/aromatic N) is 1. The van der Waals surface area contributed by atoms with Crippen LogP contribution in [0.15, 0.2) is 15.8 Å². The summed E-state index contributed by atoms with van der Waals surface area (Å²) in [6.07, 6.45) is -4.67. The number of hydrogen-bond donors (Lipinski definition) is 3. The van der Waals surface area contributed by atoms with Crippen molar-refractivity contribution in [1.29, 1.82) is 0 Å². The lowest BCUT2D eigenvalue weighted by atomic mass is 10.1. The zero-order valence-electron chi connectivity index (χ0n) is 9.54. The van der Waals surface area contributed by atoms with Gasteiger partial charge in [-0.3, -0.25) is 14.3 Å². The molecular formula is C10H13FN2O5. The maximum absolute atomic E-state index is 13.8. The summed E-state index contributed by atoms with van der Waals surface area (Å²) in [7, 11) is 0. The number of aliphatic hydroxyl groups is 2. The molecule has 1 fully saturated rings. The zero-order chi connectivity index (χ0) is 13.4. The van der Waals surface area contributed by atoms with Crippen LogP contribution in [0.5, 0.6) is 0 Å². The molecule has 4 atom stereocenters. The number of aromatic nitrogens is 2. The predicted octanol–water partition coefficient (Wildman–Crippen LogP) is -1.57. The van der Waals surface area contributed by atoms with Crippen LogP contribution in [0.4, 0.5) is 4.39 Å². The van der Waals surface area contributed by atoms with Gasteiger partial charge in [0.05, 0.1) is 6.61 Å². The Morgan fingerprint density at radius 2 is 2.22 bits per heavy atom. The third kappa shape index (κ3) is 1.98. The van der Waals surface area contributed by atoms with E-state index in [1.54, 1.807) is 0 Å². The van der Waals surface area contributed by atoms with Crippen LogP contribution in [0.25, 0.3) is 0 Å². The molecule has 8 heteroatoms. The third-order valence-electron chi connectivity index (χ3n) is 2.89. The average molecular weight is 259 g/mol. The third-order valence-corrected chi connectivity index (χ3v) is 2.89. The van der Waals surface area contributed by atoms with Gasteiger partial charge in [0.25, 0.3) is 5.56 Å². The van der Waals surface area contributed by atoms with Gasteiger partial charge in [0.2, 0.25) is 0 Å². The van der Waals surface area contributed by atoms with Gasteiger partial charge >= 0.3 is 5.69 Å². The van der Waals surface area contributed by atoms with Crippen molar-refractivity contribution in [2.45, 2.75) is 31.5 Å². The second-order valence-corrected chi connectivity index (χ2v) is 4.16. The number of aromatic amines is 1. The van der Waals surface area contributed by atoms with Crippen molar-refractivity contribution in [3.05, 3.63) is 32.6 Å². The summed E-state index contributed by atoms with van der Waals surface area (Å²) in [6.45, 7) is 0.895. The second kappa shape index (κ2) is 4.63. The van der Waals surface area contributed by atoms with Crippen molar-refractivity contribution in [2.75, 3.05) is 6.61 Å². The van der Waals surface area contributed by atoms with E-state index in [9.17, 15) is 19.1 Å². The van der Waals surface area contributed by atoms with E-state index in [-0.39, 0.29) is 5.56 Å². The normalized spacial score (nSPS) is 31.8. The highest BCUT2D eigenvalue weighted by molar-refractivity contribution is 5.03. The first-order chi connectivity index (χ1) is 8.45. The number of hydrogen-bond acceptors (Lipinski definition) is 5. The van der Waals surface area contributed by atoms with Crippen LogP contribution in [0.3, 0.4) is 0 Å². The molecule has 1 saturated heterocycles. The minimum absolute atomic E-state index is 0.215. The monoisotopic (exact) mass is 259 g/mol. The molecule has 1 aliphatic heterocycles. The fourth-order valence-corrected chi connectivity index (χ4v) is 1.85. The zero-order valence-corrected chi connectivity index (χ0v) is 9.54. The molecule has 2 heterocycles. The van der Waals surface area contributed by atoms with Crippen LogP contribution in [0.2, 0.25) is 0 Å². The molecule has 0 aliphatic carbocycles. The van der Waals surface area contributed by atoms with Crippen molar-refractivity contribution >= 4 is 0 Å². The minimum Gasteiger partial charge on any atom is -0.394 e. The Morgan fingerprint density at radius 3 is 2.78 bits per heavy atom. The molecule has 18 heavy (non-hydrogen) atoms. The van der Waals surface area contributed by atoms with Crippen molar-refractivity contribution in [3.8, 4) is 0 Å². The molecule has 100 valence electrons. The lowest BCUT2D eigenvalue weighted by Crippen LogP contribution is -2.36. The first-order valence-electron chi connectivity index (χ1n) is 5.36. The number of nitrogens with one attached hydrogen (secondary N) is 1. The first-order valence-corrected chi connectivity index (χ1v) is 5.36. The molecule has 1 aromatic heterocycles. The topological polar surface area (TPSA) is 105 Å². The number of aliphatic hydroxyl groups excluding tert-OH is 2. The van der Waals surface area contributed by atoms with Gasteiger partial charge in [-0.2, -0.15) is 0 Å². The summed E-state index contributed by atoms with van der Waals surface area (Å²) in [6, 6.07) is 0. The number of rotatable bonds is 2. The molecule has 0 saturated carbocycles. The molecule has 2 rings (SSSR count). The van der Waals surface area contributed by atoms with Crippen LogP contribution in [0, 0.1) is 6.92 Å². The number of alkyl halides is 1. The average Bonchev–Trinajstić information content (AvgIpc) is 2.61. The molecule has 0 bridgehead atoms. The van der Waals surface area contributed by atoms with E-state index in [0.29, 0.717) is 0 Å². The molecule has 0 spiro atoms. The summed E-state index contributed by atoms with van der Waals surface area (Å²) in [5.74, 6) is 0. The smallest absolute Gasteiger partial charge is 0.330 e. The Hall–Kier alpha value is -1.51. The second-order valence-electron chi connectivity index (χ2n) is 4.16. The summed E-state index contributed by atoms with van der Waals surface area (Å²) >= 11 is 0. The number of ether oxygens (including phenoxy) is 1. The highest BCUT2D eigenvalue weighted by Crippen LogP contribution is 2.30. The molecule has 3 N–H and O–H groups in total. The minimum atomic E-state index is -1.86. The molecule has 1 aromatic rings. The Labute approximate surface area is 100 Å². The van der Waals surface area contributed by atoms with E-state index < -0.39 is 42.5 Å². The van der Waals surface area contributed by atoms with E-state index in [4.69, 9.17) is 9.84 Å². The maximum atomic E-state index is 13.8. The maximum Gasteiger partial charge on any atom is 0.330 e. The lowest BCUT2D eigenvalue weighted by molar-refractivity contribution is -0.0492. The van der Waals surface area contributed by atoms with E-state index in [1.807, 2.05) is 4.98 Å². The molecule has 0 unspecified atom stereocenters. The summed E-state index contributed by atoms with van der Waals surface area (Å²) < 4.78 is 19.7. The largest absolute Gasteiger partial charge is 0.394 e. The van der Waals surface area contributed by atoms with Gasteiger partial charge in [-0.05, 0) is 6.92 Å². The summed E-state index contributed by atoms with van der Waals surface area (Å²) in [5, 5.41) is 18.3. The van der Waals surface area contributed by atoms with Crippen molar-refractivity contribution in [3.63, 3.8) is 0 Å². The highest BCUT2D eigenvalue weighted by atomic mass is 19.1. The Morgan fingerprint density at radius 1 is 1.56 bits per heavy atom. The van der Waals surface area contributed by atoms with Gasteiger partial charge in [-0.1, -0.05) is 0 Å². The number of H-pyrrole nitrogens is 1. The quantitative estimate of drug-likeness (QED) is 0.595. The van der Waals surface area contributed by atoms with E-state index in [0.717, 1.165) is 10.8 Å². The van der Waals surface area contributed by atoms with Crippen LogP contribution in [-0.2, 0) is 4.74 Å². The molecule has 0 aromatic carbocycles. The number of aryl methyl sites for hydroxylation is 1. The van der Waals surface area contributed by atoms with E-state index >= 15 is 0 Å². The van der Waals surface area contributed by atoms with E-state index in [2.05, 4.69) is 0 Å². The first kappa shape index (κ1) is 12.9. The fourth-order valence-electron chi connectivity index (χ4n) is 1.85. The van der Waals surface area contributed by atoms with Crippen molar-refractivity contribution < 1.29 is 19.3 Å². The standard InChI is InChI=1S/C10H13FN2O5/c1-4-2-13(10(17)12-8(4)16)9-6(11)7(15)5(3-14)18-9/h2,5-7,9,14-15H,3H2,1H3,(H,12,16,17)/t5-,6+,7-,9-/m1/s1/i1-1. The van der Waals surface area contributed by atoms with Gasteiger partial charge in [0.15, 0.2) is 12.4 Å². The van der Waals surface area contributed by atoms with Gasteiger partial charge in [0.1, 0.15) is 12.2 Å². The van der Waals surface area contributed by atoms with Gasteiger partial charge in [-0.25, -0.2) is 9.18 Å². The van der Waals surface area contributed by atoms with Gasteiger partial charge < -0.3 is 14.9 Å². The van der Waals surface area contributed by atoms with Crippen molar-refractivity contribution in [2.24, 2.45) is 0 Å². The predicted molar refractivity (Wildman–Crippen MR) is 58.0 cm³/mol. The Balaban J connectivity index is 2.42. The summed E-state index contributed by atoms with van der Waals surface area (Å²) in [5.41, 5.74) is -1.18. The SMILES string of the molecule is [11CH3]c1cn([C@@H]2O[C@H](CO)[C@@H](O)[C@@H]2F)c(=O)[nH]c1=O. The van der Waals surface area contributed by atoms with Crippen LogP contribution < -0.4 is 11.2 Å². The van der Waals surface area contributed by atoms with Crippen LogP contribution >= 0.6 is 0 Å². The highest BCUT2D eigenvalue weighted by Gasteiger charge is 2.45. The summed E-state index contributed by atoms with van der Waals surface area (Å²) in [4.78, 5) is 24.7. The van der Waals surface area contributed by atoms with E-state index in [1.165, 1.54) is 6.92 Å². The van der Waals surface area contributed by atoms with Gasteiger partial charge in [0, 0.05) is 11.8 Å². The fraction of sp³-hybridized carbons (Fsp3) is 0.600. The molecule has 0 amide bonds. The van der Waals surface area contributed by atoms with Crippen LogP contribution in [-0.4, -0.2) is 44.8 Å². The molecular weight excluding hydrogens is 246 g/mol.